The van der Waals surface area contributed by atoms with Crippen LogP contribution < -0.4 is 0 Å². The highest BCUT2D eigenvalue weighted by molar-refractivity contribution is 7.10. The van der Waals surface area contributed by atoms with Crippen molar-refractivity contribution in [3.8, 4) is 0 Å². The summed E-state index contributed by atoms with van der Waals surface area (Å²) in [6.07, 6.45) is 13.3. The van der Waals surface area contributed by atoms with Crippen molar-refractivity contribution in [3.05, 3.63) is 34.0 Å². The molecule has 0 bridgehead atoms. The van der Waals surface area contributed by atoms with Crippen molar-refractivity contribution in [3.63, 3.8) is 0 Å². The molecule has 1 atom stereocenters. The lowest BCUT2D eigenvalue weighted by molar-refractivity contribution is 0.332. The molecule has 0 saturated heterocycles. The molecule has 1 aromatic rings. The highest BCUT2D eigenvalue weighted by Gasteiger charge is 2.26. The van der Waals surface area contributed by atoms with Crippen LogP contribution in [0, 0.1) is 5.92 Å². The maximum atomic E-state index is 2.48. The fourth-order valence-corrected chi connectivity index (χ4v) is 4.21. The minimum Gasteiger partial charge on any atom is -0.148 e. The molecule has 2 aliphatic carbocycles. The second-order valence-electron chi connectivity index (χ2n) is 4.87. The molecule has 0 nitrogen and oxygen atoms in total. The van der Waals surface area contributed by atoms with E-state index in [1.54, 1.807) is 10.4 Å². The lowest BCUT2D eigenvalue weighted by Crippen LogP contribution is -2.16. The Balaban J connectivity index is 1.85. The molecular weight excluding hydrogens is 200 g/mol. The van der Waals surface area contributed by atoms with Crippen LogP contribution >= 0.6 is 11.3 Å². The molecule has 80 valence electrons. The second-order valence-corrected chi connectivity index (χ2v) is 5.81. The molecule has 1 heterocycles. The number of allylic oxidation sites excluding steroid dienone is 2. The molecule has 2 aliphatic rings. The molecule has 0 spiro atoms. The average Bonchev–Trinajstić information content (AvgIpc) is 2.78. The van der Waals surface area contributed by atoms with E-state index in [1.807, 2.05) is 11.3 Å². The van der Waals surface area contributed by atoms with Crippen LogP contribution in [0.15, 0.2) is 23.6 Å². The summed E-state index contributed by atoms with van der Waals surface area (Å²) < 4.78 is 0. The van der Waals surface area contributed by atoms with Crippen molar-refractivity contribution >= 4 is 11.3 Å². The molecule has 0 radical (unpaired) electrons. The Kier molecular flexibility index (Phi) is 2.66. The third-order valence-electron chi connectivity index (χ3n) is 3.92. The first-order chi connectivity index (χ1) is 7.45. The molecule has 1 saturated carbocycles. The van der Waals surface area contributed by atoms with Crippen molar-refractivity contribution in [2.75, 3.05) is 0 Å². The highest BCUT2D eigenvalue weighted by Crippen LogP contribution is 2.42. The summed E-state index contributed by atoms with van der Waals surface area (Å²) in [5, 5.41) is 2.27. The van der Waals surface area contributed by atoms with Gasteiger partial charge in [-0.2, -0.15) is 0 Å². The second kappa shape index (κ2) is 4.13. The first-order valence-electron chi connectivity index (χ1n) is 6.18. The maximum absolute atomic E-state index is 2.48. The predicted octanol–water partition coefficient (Wildman–Crippen LogP) is 4.52. The average molecular weight is 218 g/mol. The van der Waals surface area contributed by atoms with Gasteiger partial charge in [-0.15, -0.1) is 11.3 Å². The molecule has 1 aromatic heterocycles. The highest BCUT2D eigenvalue weighted by atomic mass is 32.1. The molecular formula is C14H18S. The van der Waals surface area contributed by atoms with Gasteiger partial charge >= 0.3 is 0 Å². The van der Waals surface area contributed by atoms with Crippen LogP contribution in [0.2, 0.25) is 0 Å². The van der Waals surface area contributed by atoms with Crippen molar-refractivity contribution < 1.29 is 0 Å². The van der Waals surface area contributed by atoms with Gasteiger partial charge < -0.3 is 0 Å². The van der Waals surface area contributed by atoms with Crippen LogP contribution in [0.5, 0.6) is 0 Å². The van der Waals surface area contributed by atoms with E-state index in [4.69, 9.17) is 0 Å². The van der Waals surface area contributed by atoms with E-state index >= 15 is 0 Å². The van der Waals surface area contributed by atoms with Gasteiger partial charge in [0.1, 0.15) is 0 Å². The summed E-state index contributed by atoms with van der Waals surface area (Å²) in [6, 6.07) is 2.32. The lowest BCUT2D eigenvalue weighted by atomic mass is 9.77. The molecule has 0 aromatic carbocycles. The molecule has 0 unspecified atom stereocenters. The van der Waals surface area contributed by atoms with Crippen molar-refractivity contribution in [2.45, 2.75) is 44.4 Å². The third-order valence-corrected chi connectivity index (χ3v) is 4.98. The van der Waals surface area contributed by atoms with E-state index in [1.165, 1.54) is 38.5 Å². The fraction of sp³-hybridized carbons (Fsp3) is 0.571. The number of hydrogen-bond donors (Lipinski definition) is 0. The first kappa shape index (κ1) is 9.65. The van der Waals surface area contributed by atoms with Crippen molar-refractivity contribution in [1.82, 2.24) is 0 Å². The smallest absolute Gasteiger partial charge is 0.0152 e. The van der Waals surface area contributed by atoms with Gasteiger partial charge in [0.05, 0.1) is 0 Å². The Morgan fingerprint density at radius 1 is 1.13 bits per heavy atom. The standard InChI is InChI=1S/C14H18S/c1-2-5-11(6-3-1)13-8-4-7-12-9-10-15-14(12)13/h4,8-11,13H,1-3,5-7H2/t13-/m0/s1. The summed E-state index contributed by atoms with van der Waals surface area (Å²) in [7, 11) is 0. The Morgan fingerprint density at radius 2 is 2.00 bits per heavy atom. The lowest BCUT2D eigenvalue weighted by Gasteiger charge is -2.30. The Labute approximate surface area is 96.0 Å². The van der Waals surface area contributed by atoms with Gasteiger partial charge in [-0.3, -0.25) is 0 Å². The van der Waals surface area contributed by atoms with Gasteiger partial charge in [-0.25, -0.2) is 0 Å². The molecule has 3 rings (SSSR count). The van der Waals surface area contributed by atoms with E-state index in [9.17, 15) is 0 Å². The van der Waals surface area contributed by atoms with Gasteiger partial charge in [0.15, 0.2) is 0 Å². The van der Waals surface area contributed by atoms with Crippen LogP contribution in [-0.2, 0) is 6.42 Å². The summed E-state index contributed by atoms with van der Waals surface area (Å²) in [5.41, 5.74) is 1.60. The van der Waals surface area contributed by atoms with Crippen LogP contribution in [0.25, 0.3) is 0 Å². The summed E-state index contributed by atoms with van der Waals surface area (Å²) in [5.74, 6) is 1.70. The van der Waals surface area contributed by atoms with Crippen molar-refractivity contribution in [2.24, 2.45) is 5.92 Å². The SMILES string of the molecule is C1=C[C@@H](C2CCCCC2)c2sccc2C1. The quantitative estimate of drug-likeness (QED) is 0.608. The minimum atomic E-state index is 0.758. The molecule has 1 heteroatoms. The van der Waals surface area contributed by atoms with Gasteiger partial charge in [-0.1, -0.05) is 31.4 Å². The Morgan fingerprint density at radius 3 is 2.87 bits per heavy atom. The molecule has 1 fully saturated rings. The van der Waals surface area contributed by atoms with Crippen LogP contribution in [0.4, 0.5) is 0 Å². The van der Waals surface area contributed by atoms with E-state index in [0.29, 0.717) is 0 Å². The number of rotatable bonds is 1. The summed E-state index contributed by atoms with van der Waals surface area (Å²) in [6.45, 7) is 0. The fourth-order valence-electron chi connectivity index (χ4n) is 3.10. The van der Waals surface area contributed by atoms with Gasteiger partial charge in [0, 0.05) is 10.8 Å². The largest absolute Gasteiger partial charge is 0.148 e. The Hall–Kier alpha value is -0.560. The van der Waals surface area contributed by atoms with E-state index in [-0.39, 0.29) is 0 Å². The monoisotopic (exact) mass is 218 g/mol. The zero-order valence-corrected chi connectivity index (χ0v) is 9.93. The minimum absolute atomic E-state index is 0.758. The summed E-state index contributed by atoms with van der Waals surface area (Å²) in [4.78, 5) is 1.67. The van der Waals surface area contributed by atoms with Crippen molar-refractivity contribution in [1.29, 1.82) is 0 Å². The Bertz CT molecular complexity index is 355. The van der Waals surface area contributed by atoms with E-state index in [2.05, 4.69) is 23.6 Å². The van der Waals surface area contributed by atoms with Gasteiger partial charge in [0.25, 0.3) is 0 Å². The number of hydrogen-bond acceptors (Lipinski definition) is 1. The molecule has 15 heavy (non-hydrogen) atoms. The summed E-state index contributed by atoms with van der Waals surface area (Å²) >= 11 is 1.98. The van der Waals surface area contributed by atoms with Gasteiger partial charge in [-0.05, 0) is 42.2 Å². The maximum Gasteiger partial charge on any atom is 0.0152 e. The van der Waals surface area contributed by atoms with Crippen LogP contribution in [0.1, 0.15) is 48.5 Å². The zero-order chi connectivity index (χ0) is 10.1. The van der Waals surface area contributed by atoms with E-state index < -0.39 is 0 Å². The van der Waals surface area contributed by atoms with Crippen LogP contribution in [-0.4, -0.2) is 0 Å². The molecule has 0 amide bonds. The molecule has 0 aliphatic heterocycles. The third kappa shape index (κ3) is 1.78. The number of thiophene rings is 1. The first-order valence-corrected chi connectivity index (χ1v) is 7.06. The van der Waals surface area contributed by atoms with E-state index in [0.717, 1.165) is 11.8 Å². The zero-order valence-electron chi connectivity index (χ0n) is 9.11. The molecule has 0 N–H and O–H groups in total. The topological polar surface area (TPSA) is 0 Å². The normalized spacial score (nSPS) is 26.5. The van der Waals surface area contributed by atoms with Crippen LogP contribution in [0.3, 0.4) is 0 Å². The predicted molar refractivity (Wildman–Crippen MR) is 66.5 cm³/mol. The number of fused-ring (bicyclic) bond motifs is 1. The van der Waals surface area contributed by atoms with Gasteiger partial charge in [0.2, 0.25) is 0 Å².